The zero-order chi connectivity index (χ0) is 20.4. The first-order chi connectivity index (χ1) is 13.4. The fraction of sp³-hybridized carbons (Fsp3) is 0.333. The Labute approximate surface area is 169 Å². The van der Waals surface area contributed by atoms with Gasteiger partial charge in [-0.25, -0.2) is 13.3 Å². The molecule has 2 aromatic rings. The van der Waals surface area contributed by atoms with Gasteiger partial charge in [0.05, 0.1) is 35.9 Å². The van der Waals surface area contributed by atoms with E-state index in [1.807, 2.05) is 12.1 Å². The van der Waals surface area contributed by atoms with Crippen molar-refractivity contribution in [2.75, 3.05) is 50.1 Å². The summed E-state index contributed by atoms with van der Waals surface area (Å²) in [6.07, 6.45) is 0. The molecule has 28 heavy (non-hydrogen) atoms. The van der Waals surface area contributed by atoms with Gasteiger partial charge < -0.3 is 16.6 Å². The maximum absolute atomic E-state index is 12.4. The number of aliphatic hydroxyl groups excluding tert-OH is 1. The molecule has 0 aliphatic rings. The SMILES string of the molecule is Nc1ccc(S(=O)(=O)CCN(CCO)CCOOSc2cccc(N)c2)cc1. The number of anilines is 2. The van der Waals surface area contributed by atoms with Gasteiger partial charge in [0.2, 0.25) is 0 Å². The van der Waals surface area contributed by atoms with Crippen LogP contribution in [-0.4, -0.2) is 57.0 Å². The van der Waals surface area contributed by atoms with Crippen molar-refractivity contribution in [3.05, 3.63) is 48.5 Å². The van der Waals surface area contributed by atoms with E-state index in [0.717, 1.165) is 16.9 Å². The van der Waals surface area contributed by atoms with Crippen LogP contribution in [0.2, 0.25) is 0 Å². The van der Waals surface area contributed by atoms with Crippen LogP contribution in [0, 0.1) is 0 Å². The van der Waals surface area contributed by atoms with E-state index in [4.69, 9.17) is 20.7 Å². The van der Waals surface area contributed by atoms with Gasteiger partial charge in [0.1, 0.15) is 0 Å². The fourth-order valence-corrected chi connectivity index (χ4v) is 4.15. The normalized spacial score (nSPS) is 11.8. The smallest absolute Gasteiger partial charge is 0.179 e. The first-order valence-corrected chi connectivity index (χ1v) is 11.0. The van der Waals surface area contributed by atoms with E-state index in [0.29, 0.717) is 24.5 Å². The summed E-state index contributed by atoms with van der Waals surface area (Å²) in [5.74, 6) is -0.0736. The molecule has 0 unspecified atom stereocenters. The standard InChI is InChI=1S/C18H25N3O5S2/c19-15-4-6-18(7-5-15)28(23,24)13-10-21(8-11-22)9-12-25-26-27-17-3-1-2-16(20)14-17/h1-7,14,22H,8-13,19-20H2. The van der Waals surface area contributed by atoms with Crippen molar-refractivity contribution in [1.29, 1.82) is 0 Å². The Kier molecular flexibility index (Phi) is 9.03. The Hall–Kier alpha value is -1.82. The van der Waals surface area contributed by atoms with Gasteiger partial charge in [-0.05, 0) is 42.5 Å². The second kappa shape index (κ2) is 11.2. The highest BCUT2D eigenvalue weighted by molar-refractivity contribution is 7.94. The van der Waals surface area contributed by atoms with Crippen LogP contribution < -0.4 is 11.5 Å². The number of nitrogens with two attached hydrogens (primary N) is 2. The van der Waals surface area contributed by atoms with Crippen molar-refractivity contribution in [2.24, 2.45) is 0 Å². The average Bonchev–Trinajstić information content (AvgIpc) is 2.66. The van der Waals surface area contributed by atoms with E-state index in [1.165, 1.54) is 12.1 Å². The third-order valence-electron chi connectivity index (χ3n) is 3.86. The molecular weight excluding hydrogens is 402 g/mol. The average molecular weight is 428 g/mol. The lowest BCUT2D eigenvalue weighted by Crippen LogP contribution is -2.34. The van der Waals surface area contributed by atoms with Crippen LogP contribution in [-0.2, 0) is 19.1 Å². The van der Waals surface area contributed by atoms with E-state index in [1.54, 1.807) is 29.2 Å². The Morgan fingerprint density at radius 2 is 1.75 bits per heavy atom. The van der Waals surface area contributed by atoms with Crippen LogP contribution in [0.3, 0.4) is 0 Å². The molecule has 2 aromatic carbocycles. The van der Waals surface area contributed by atoms with Crippen LogP contribution >= 0.6 is 12.0 Å². The van der Waals surface area contributed by atoms with E-state index >= 15 is 0 Å². The molecule has 0 fully saturated rings. The van der Waals surface area contributed by atoms with Crippen LogP contribution in [0.1, 0.15) is 0 Å². The van der Waals surface area contributed by atoms with Crippen molar-refractivity contribution in [1.82, 2.24) is 4.90 Å². The lowest BCUT2D eigenvalue weighted by atomic mass is 10.3. The quantitative estimate of drug-likeness (QED) is 0.152. The van der Waals surface area contributed by atoms with Crippen LogP contribution in [0.5, 0.6) is 0 Å². The summed E-state index contributed by atoms with van der Waals surface area (Å²) in [7, 11) is -3.43. The summed E-state index contributed by atoms with van der Waals surface area (Å²) in [6.45, 7) is 1.15. The van der Waals surface area contributed by atoms with Gasteiger partial charge in [-0.2, -0.15) is 4.33 Å². The van der Waals surface area contributed by atoms with Gasteiger partial charge in [0.25, 0.3) is 0 Å². The largest absolute Gasteiger partial charge is 0.399 e. The summed E-state index contributed by atoms with van der Waals surface area (Å²) >= 11 is 1.04. The zero-order valence-electron chi connectivity index (χ0n) is 15.4. The summed E-state index contributed by atoms with van der Waals surface area (Å²) in [6, 6.07) is 13.3. The molecule has 0 saturated heterocycles. The third-order valence-corrected chi connectivity index (χ3v) is 6.18. The summed E-state index contributed by atoms with van der Waals surface area (Å²) in [4.78, 5) is 7.95. The first-order valence-electron chi connectivity index (χ1n) is 8.64. The number of rotatable bonds is 12. The van der Waals surface area contributed by atoms with Gasteiger partial charge in [-0.15, -0.1) is 0 Å². The van der Waals surface area contributed by atoms with Crippen molar-refractivity contribution < 1.29 is 22.7 Å². The molecule has 0 atom stereocenters. The number of nitrogens with zero attached hydrogens (tertiary/aromatic N) is 1. The van der Waals surface area contributed by atoms with Crippen LogP contribution in [0.15, 0.2) is 58.3 Å². The Morgan fingerprint density at radius 1 is 1.00 bits per heavy atom. The molecule has 0 saturated carbocycles. The minimum absolute atomic E-state index is 0.0736. The van der Waals surface area contributed by atoms with Crippen molar-refractivity contribution in [3.63, 3.8) is 0 Å². The van der Waals surface area contributed by atoms with E-state index in [2.05, 4.69) is 0 Å². The Morgan fingerprint density at radius 3 is 2.43 bits per heavy atom. The summed E-state index contributed by atoms with van der Waals surface area (Å²) in [5.41, 5.74) is 12.4. The minimum atomic E-state index is -3.43. The van der Waals surface area contributed by atoms with E-state index in [-0.39, 0.29) is 30.4 Å². The van der Waals surface area contributed by atoms with Gasteiger partial charge in [0, 0.05) is 35.9 Å². The molecule has 0 amide bonds. The molecule has 2 rings (SSSR count). The fourth-order valence-electron chi connectivity index (χ4n) is 2.35. The van der Waals surface area contributed by atoms with Gasteiger partial charge in [-0.1, -0.05) is 6.07 Å². The lowest BCUT2D eigenvalue weighted by Gasteiger charge is -2.20. The van der Waals surface area contributed by atoms with E-state index in [9.17, 15) is 13.5 Å². The molecule has 0 spiro atoms. The number of nitrogen functional groups attached to an aromatic ring is 2. The third kappa shape index (κ3) is 7.66. The molecule has 0 bridgehead atoms. The number of aliphatic hydroxyl groups is 1. The molecule has 0 radical (unpaired) electrons. The number of sulfone groups is 1. The van der Waals surface area contributed by atoms with E-state index < -0.39 is 9.84 Å². The zero-order valence-corrected chi connectivity index (χ0v) is 17.0. The monoisotopic (exact) mass is 427 g/mol. The molecule has 8 nitrogen and oxygen atoms in total. The molecule has 5 N–H and O–H groups in total. The van der Waals surface area contributed by atoms with Gasteiger partial charge in [-0.3, -0.25) is 4.90 Å². The van der Waals surface area contributed by atoms with Crippen LogP contribution in [0.4, 0.5) is 11.4 Å². The van der Waals surface area contributed by atoms with Crippen molar-refractivity contribution in [2.45, 2.75) is 9.79 Å². The highest BCUT2D eigenvalue weighted by atomic mass is 32.2. The predicted octanol–water partition coefficient (Wildman–Crippen LogP) is 1.57. The summed E-state index contributed by atoms with van der Waals surface area (Å²) < 4.78 is 29.9. The molecule has 0 aromatic heterocycles. The highest BCUT2D eigenvalue weighted by Crippen LogP contribution is 2.21. The topological polar surface area (TPSA) is 128 Å². The predicted molar refractivity (Wildman–Crippen MR) is 110 cm³/mol. The van der Waals surface area contributed by atoms with Crippen molar-refractivity contribution >= 4 is 33.3 Å². The first kappa shape index (κ1) is 22.5. The van der Waals surface area contributed by atoms with Gasteiger partial charge >= 0.3 is 0 Å². The highest BCUT2D eigenvalue weighted by Gasteiger charge is 2.16. The van der Waals surface area contributed by atoms with Crippen molar-refractivity contribution in [3.8, 4) is 0 Å². The molecule has 154 valence electrons. The molecule has 0 aliphatic carbocycles. The number of hydrogen-bond donors (Lipinski definition) is 3. The second-order valence-corrected chi connectivity index (χ2v) is 8.88. The Balaban J connectivity index is 1.75. The maximum atomic E-state index is 12.4. The molecule has 0 heterocycles. The van der Waals surface area contributed by atoms with Crippen LogP contribution in [0.25, 0.3) is 0 Å². The lowest BCUT2D eigenvalue weighted by molar-refractivity contribution is -0.193. The summed E-state index contributed by atoms with van der Waals surface area (Å²) in [5, 5.41) is 9.20. The molecule has 10 heteroatoms. The number of hydrogen-bond acceptors (Lipinski definition) is 9. The second-order valence-electron chi connectivity index (χ2n) is 6.00. The Bertz CT molecular complexity index is 831. The molecular formula is C18H25N3O5S2. The molecule has 0 aliphatic heterocycles. The minimum Gasteiger partial charge on any atom is -0.399 e. The maximum Gasteiger partial charge on any atom is 0.179 e. The number of benzene rings is 2. The van der Waals surface area contributed by atoms with Gasteiger partial charge in [0.15, 0.2) is 9.84 Å².